The molecule has 6 rings (SSSR count). The molecule has 0 spiro atoms. The number of carbonyl (C=O) groups is 1. The molecule has 7 N–H and O–H groups in total. The van der Waals surface area contributed by atoms with Crippen LogP contribution in [-0.4, -0.2) is 49.5 Å². The van der Waals surface area contributed by atoms with Gasteiger partial charge in [-0.3, -0.25) is 4.79 Å². The van der Waals surface area contributed by atoms with Crippen molar-refractivity contribution in [3.05, 3.63) is 71.0 Å². The van der Waals surface area contributed by atoms with Crippen molar-refractivity contribution in [2.75, 3.05) is 28.7 Å². The fourth-order valence-corrected chi connectivity index (χ4v) is 5.33. The molecule has 2 fully saturated rings. The Morgan fingerprint density at radius 3 is 1.80 bits per heavy atom. The number of nitrogen functional groups attached to an aromatic ring is 2. The van der Waals surface area contributed by atoms with E-state index < -0.39 is 0 Å². The number of nitrogens with zero attached hydrogens (tertiary/aromatic N) is 4. The highest BCUT2D eigenvalue weighted by Gasteiger charge is 2.27. The number of nitrogens with one attached hydrogen (secondary N) is 2. The van der Waals surface area contributed by atoms with E-state index in [9.17, 15) is 9.90 Å². The van der Waals surface area contributed by atoms with Gasteiger partial charge in [-0.15, -0.1) is 0 Å². The zero-order valence-electron chi connectivity index (χ0n) is 24.3. The van der Waals surface area contributed by atoms with Crippen LogP contribution in [0.5, 0.6) is 23.0 Å². The van der Waals surface area contributed by atoms with Crippen LogP contribution in [0.15, 0.2) is 60.9 Å². The van der Waals surface area contributed by atoms with E-state index in [1.54, 1.807) is 54.7 Å². The minimum Gasteiger partial charge on any atom is -0.452 e. The summed E-state index contributed by atoms with van der Waals surface area (Å²) in [6.45, 7) is 0.220. The van der Waals surface area contributed by atoms with Crippen LogP contribution in [-0.2, 0) is 4.79 Å². The van der Waals surface area contributed by atoms with E-state index in [1.165, 1.54) is 6.20 Å². The number of aliphatic hydroxyl groups excluding tert-OH is 1. The number of aliphatic hydroxyl groups is 1. The summed E-state index contributed by atoms with van der Waals surface area (Å²) < 4.78 is 11.6. The van der Waals surface area contributed by atoms with Crippen molar-refractivity contribution in [2.45, 2.75) is 50.6 Å². The molecule has 0 saturated heterocycles. The van der Waals surface area contributed by atoms with Gasteiger partial charge in [-0.2, -0.15) is 9.97 Å². The molecule has 0 aliphatic heterocycles. The third-order valence-electron chi connectivity index (χ3n) is 7.39. The van der Waals surface area contributed by atoms with Gasteiger partial charge in [0, 0.05) is 29.1 Å². The summed E-state index contributed by atoms with van der Waals surface area (Å²) in [6.07, 6.45) is 8.17. The summed E-state index contributed by atoms with van der Waals surface area (Å²) in [4.78, 5) is 28.1. The predicted octanol–water partition coefficient (Wildman–Crippen LogP) is 6.12. The van der Waals surface area contributed by atoms with Crippen LogP contribution < -0.4 is 31.6 Å². The van der Waals surface area contributed by atoms with Crippen molar-refractivity contribution in [3.63, 3.8) is 0 Å². The first-order valence-electron chi connectivity index (χ1n) is 14.5. The molecule has 3 atom stereocenters. The van der Waals surface area contributed by atoms with Crippen molar-refractivity contribution in [1.82, 2.24) is 19.9 Å². The average Bonchev–Trinajstić information content (AvgIpc) is 3.66. The smallest absolute Gasteiger partial charge is 0.222 e. The third kappa shape index (κ3) is 9.07. The highest BCUT2D eigenvalue weighted by Crippen LogP contribution is 2.33. The molecule has 0 bridgehead atoms. The van der Waals surface area contributed by atoms with Gasteiger partial charge >= 0.3 is 0 Å². The number of ketones is 1. The number of hydrogen-bond donors (Lipinski definition) is 5. The number of rotatable bonds is 9. The molecule has 2 aliphatic rings. The predicted molar refractivity (Wildman–Crippen MR) is 174 cm³/mol. The Hall–Kier alpha value is -4.39. The van der Waals surface area contributed by atoms with Gasteiger partial charge in [-0.25, -0.2) is 9.97 Å². The Kier molecular flexibility index (Phi) is 10.7. The molecule has 45 heavy (non-hydrogen) atoms. The summed E-state index contributed by atoms with van der Waals surface area (Å²) in [5, 5.41) is 17.0. The van der Waals surface area contributed by atoms with Crippen LogP contribution in [0.2, 0.25) is 10.0 Å². The Morgan fingerprint density at radius 1 is 0.800 bits per heavy atom. The SMILES string of the molecule is Nc1ncc(Oc2ccc(Cl)cc2)c(NC2CCC(CO)C2)n1.Nc1ncc(Oc2ccc(Cl)cc2)c(NC2CCCC2=O)n1. The number of anilines is 4. The monoisotopic (exact) mass is 652 g/mol. The number of benzene rings is 2. The Labute approximate surface area is 270 Å². The number of carbonyl (C=O) groups excluding carboxylic acids is 1. The minimum atomic E-state index is -0.248. The molecule has 2 aromatic carbocycles. The molecule has 236 valence electrons. The Morgan fingerprint density at radius 2 is 1.33 bits per heavy atom. The van der Waals surface area contributed by atoms with E-state index in [-0.39, 0.29) is 36.4 Å². The second-order valence-corrected chi connectivity index (χ2v) is 11.6. The first-order chi connectivity index (χ1) is 21.7. The summed E-state index contributed by atoms with van der Waals surface area (Å²) in [5.74, 6) is 3.97. The van der Waals surface area contributed by atoms with Crippen molar-refractivity contribution in [1.29, 1.82) is 0 Å². The average molecular weight is 654 g/mol. The lowest BCUT2D eigenvalue weighted by Gasteiger charge is -2.16. The van der Waals surface area contributed by atoms with Gasteiger partial charge in [0.2, 0.25) is 11.9 Å². The molecule has 14 heteroatoms. The number of Topliss-reactive ketones (excluding diaryl/α,β-unsaturated/α-hetero) is 1. The lowest BCUT2D eigenvalue weighted by Crippen LogP contribution is -2.24. The molecular formula is C31H34Cl2N8O4. The molecule has 2 saturated carbocycles. The Balaban J connectivity index is 0.000000178. The number of halogens is 2. The number of aromatic nitrogens is 4. The van der Waals surface area contributed by atoms with Crippen LogP contribution in [0.1, 0.15) is 38.5 Å². The van der Waals surface area contributed by atoms with Crippen molar-refractivity contribution in [3.8, 4) is 23.0 Å². The number of ether oxygens (including phenoxy) is 2. The second-order valence-electron chi connectivity index (χ2n) is 10.8. The fraction of sp³-hybridized carbons (Fsp3) is 0.323. The van der Waals surface area contributed by atoms with Crippen LogP contribution in [0, 0.1) is 5.92 Å². The molecule has 2 aliphatic carbocycles. The number of hydrogen-bond acceptors (Lipinski definition) is 12. The molecule has 0 amide bonds. The van der Waals surface area contributed by atoms with Gasteiger partial charge in [-0.1, -0.05) is 23.2 Å². The quantitative estimate of drug-likeness (QED) is 0.140. The van der Waals surface area contributed by atoms with Crippen LogP contribution in [0.4, 0.5) is 23.5 Å². The van der Waals surface area contributed by atoms with E-state index in [4.69, 9.17) is 44.1 Å². The van der Waals surface area contributed by atoms with Gasteiger partial charge in [0.1, 0.15) is 11.5 Å². The van der Waals surface area contributed by atoms with E-state index in [2.05, 4.69) is 30.6 Å². The van der Waals surface area contributed by atoms with Crippen molar-refractivity contribution in [2.24, 2.45) is 5.92 Å². The zero-order chi connectivity index (χ0) is 31.8. The summed E-state index contributed by atoms with van der Waals surface area (Å²) >= 11 is 11.7. The van der Waals surface area contributed by atoms with Gasteiger partial charge in [0.25, 0.3) is 0 Å². The van der Waals surface area contributed by atoms with Gasteiger partial charge in [0.05, 0.1) is 18.4 Å². The summed E-state index contributed by atoms with van der Waals surface area (Å²) in [5.41, 5.74) is 11.3. The molecule has 4 aromatic rings. The van der Waals surface area contributed by atoms with E-state index >= 15 is 0 Å². The normalized spacial score (nSPS) is 19.0. The standard InChI is InChI=1S/C16H19ClN4O2.C15H15ClN4O2/c17-11-2-5-13(6-3-11)23-14-8-19-16(18)21-15(14)20-12-4-1-10(7-12)9-22;16-9-4-6-10(7-5-9)22-13-8-18-15(17)20-14(13)19-11-2-1-3-12(11)21/h2-3,5-6,8,10,12,22H,1,4,7,9H2,(H3,18,19,20,21);4-8,11H,1-3H2,(H3,17,18,19,20). The molecule has 0 radical (unpaired) electrons. The maximum atomic E-state index is 11.8. The largest absolute Gasteiger partial charge is 0.452 e. The molecule has 12 nitrogen and oxygen atoms in total. The van der Waals surface area contributed by atoms with E-state index in [0.29, 0.717) is 57.0 Å². The maximum absolute atomic E-state index is 11.8. The molecule has 2 aromatic heterocycles. The third-order valence-corrected chi connectivity index (χ3v) is 7.89. The van der Waals surface area contributed by atoms with Gasteiger partial charge < -0.3 is 36.7 Å². The summed E-state index contributed by atoms with van der Waals surface area (Å²) in [6, 6.07) is 14.0. The summed E-state index contributed by atoms with van der Waals surface area (Å²) in [7, 11) is 0. The van der Waals surface area contributed by atoms with E-state index in [1.807, 2.05) is 0 Å². The van der Waals surface area contributed by atoms with Crippen LogP contribution in [0.25, 0.3) is 0 Å². The number of nitrogens with two attached hydrogens (primary N) is 2. The highest BCUT2D eigenvalue weighted by molar-refractivity contribution is 6.30. The highest BCUT2D eigenvalue weighted by atomic mass is 35.5. The maximum Gasteiger partial charge on any atom is 0.222 e. The molecule has 3 unspecified atom stereocenters. The van der Waals surface area contributed by atoms with Crippen molar-refractivity contribution < 1.29 is 19.4 Å². The lowest BCUT2D eigenvalue weighted by atomic mass is 10.1. The topological polar surface area (TPSA) is 183 Å². The lowest BCUT2D eigenvalue weighted by molar-refractivity contribution is -0.118. The zero-order valence-corrected chi connectivity index (χ0v) is 25.8. The molecular weight excluding hydrogens is 619 g/mol. The fourth-order valence-electron chi connectivity index (χ4n) is 5.08. The molecule has 2 heterocycles. The van der Waals surface area contributed by atoms with E-state index in [0.717, 1.165) is 32.1 Å². The van der Waals surface area contributed by atoms with Crippen molar-refractivity contribution >= 4 is 52.5 Å². The Bertz CT molecular complexity index is 1590. The second kappa shape index (κ2) is 15.1. The first-order valence-corrected chi connectivity index (χ1v) is 15.3. The minimum absolute atomic E-state index is 0.122. The van der Waals surface area contributed by atoms with Crippen LogP contribution >= 0.6 is 23.2 Å². The van der Waals surface area contributed by atoms with Gasteiger partial charge in [-0.05, 0) is 86.6 Å². The van der Waals surface area contributed by atoms with Crippen LogP contribution in [0.3, 0.4) is 0 Å². The van der Waals surface area contributed by atoms with Gasteiger partial charge in [0.15, 0.2) is 28.9 Å². The first kappa shape index (κ1) is 32.0.